The van der Waals surface area contributed by atoms with Gasteiger partial charge in [0.15, 0.2) is 5.84 Å². The minimum Gasteiger partial charge on any atom is -0.269 e. The first-order valence-corrected chi connectivity index (χ1v) is 10.1. The molecule has 26 heavy (non-hydrogen) atoms. The van der Waals surface area contributed by atoms with E-state index < -0.39 is 10.0 Å². The van der Waals surface area contributed by atoms with Gasteiger partial charge in [-0.05, 0) is 35.1 Å². The molecule has 0 aromatic heterocycles. The van der Waals surface area contributed by atoms with E-state index in [1.165, 1.54) is 13.4 Å². The highest BCUT2D eigenvalue weighted by Crippen LogP contribution is 2.30. The summed E-state index contributed by atoms with van der Waals surface area (Å²) in [5, 5.41) is 0.324. The van der Waals surface area contributed by atoms with Crippen LogP contribution in [0.1, 0.15) is 39.7 Å². The number of rotatable bonds is 4. The topological polar surface area (TPSA) is 62.1 Å². The lowest BCUT2D eigenvalue weighted by Gasteiger charge is -2.20. The number of allylic oxidation sites excluding steroid dienone is 2. The first kappa shape index (κ1) is 20.4. The molecule has 0 saturated carbocycles. The highest BCUT2D eigenvalue weighted by atomic mass is 35.5. The molecule has 2 rings (SSSR count). The summed E-state index contributed by atoms with van der Waals surface area (Å²) in [4.78, 5) is 8.43. The Morgan fingerprint density at radius 3 is 2.31 bits per heavy atom. The predicted molar refractivity (Wildman–Crippen MR) is 108 cm³/mol. The molecule has 5 nitrogen and oxygen atoms in total. The Morgan fingerprint density at radius 1 is 1.27 bits per heavy atom. The van der Waals surface area contributed by atoms with Gasteiger partial charge in [-0.15, -0.1) is 0 Å². The summed E-state index contributed by atoms with van der Waals surface area (Å²) in [6, 6.07) is 6.85. The van der Waals surface area contributed by atoms with Crippen LogP contribution in [0.3, 0.4) is 0 Å². The smallest absolute Gasteiger partial charge is 0.269 e. The average Bonchev–Trinajstić information content (AvgIpc) is 3.04. The van der Waals surface area contributed by atoms with Crippen molar-refractivity contribution in [1.29, 1.82) is 0 Å². The van der Waals surface area contributed by atoms with Crippen LogP contribution in [0.25, 0.3) is 0 Å². The standard InChI is InChI=1S/C19H24ClN3O2S/c1-7-13(2)16(20)17-18(21-6)23(12-22-17)26(24,25)15-10-8-14(9-11-15)19(3,4)5/h8-12H,2,7H2,1,3-6H3. The lowest BCUT2D eigenvalue weighted by molar-refractivity contribution is 0.571. The van der Waals surface area contributed by atoms with E-state index in [-0.39, 0.29) is 16.1 Å². The van der Waals surface area contributed by atoms with Gasteiger partial charge in [0.05, 0.1) is 9.93 Å². The van der Waals surface area contributed by atoms with Crippen LogP contribution in [0.5, 0.6) is 0 Å². The fourth-order valence-electron chi connectivity index (χ4n) is 2.43. The molecule has 0 spiro atoms. The maximum absolute atomic E-state index is 13.0. The van der Waals surface area contributed by atoms with Crippen molar-refractivity contribution in [3.8, 4) is 0 Å². The largest absolute Gasteiger partial charge is 0.270 e. The van der Waals surface area contributed by atoms with Gasteiger partial charge in [-0.25, -0.2) is 17.7 Å². The van der Waals surface area contributed by atoms with Crippen molar-refractivity contribution in [2.75, 3.05) is 7.05 Å². The van der Waals surface area contributed by atoms with Gasteiger partial charge in [-0.2, -0.15) is 0 Å². The molecule has 0 fully saturated rings. The number of amidine groups is 1. The van der Waals surface area contributed by atoms with Crippen LogP contribution < -0.4 is 0 Å². The number of benzene rings is 1. The van der Waals surface area contributed by atoms with E-state index in [1.807, 2.05) is 19.1 Å². The van der Waals surface area contributed by atoms with Crippen molar-refractivity contribution in [3.05, 3.63) is 52.7 Å². The molecule has 0 radical (unpaired) electrons. The lowest BCUT2D eigenvalue weighted by atomic mass is 9.87. The molecular weight excluding hydrogens is 370 g/mol. The second kappa shape index (κ2) is 7.37. The van der Waals surface area contributed by atoms with Gasteiger partial charge in [-0.3, -0.25) is 4.99 Å². The fraction of sp³-hybridized carbons (Fsp3) is 0.368. The van der Waals surface area contributed by atoms with Crippen LogP contribution in [0.2, 0.25) is 0 Å². The second-order valence-electron chi connectivity index (χ2n) is 6.99. The zero-order valence-corrected chi connectivity index (χ0v) is 17.3. The Bertz CT molecular complexity index is 905. The number of hydrogen-bond acceptors (Lipinski definition) is 4. The minimum absolute atomic E-state index is 0.0582. The van der Waals surface area contributed by atoms with Crippen molar-refractivity contribution < 1.29 is 8.42 Å². The maximum Gasteiger partial charge on any atom is 0.270 e. The Morgan fingerprint density at radius 2 is 1.85 bits per heavy atom. The van der Waals surface area contributed by atoms with E-state index in [2.05, 4.69) is 37.3 Å². The Kier molecular flexibility index (Phi) is 5.78. The van der Waals surface area contributed by atoms with Crippen LogP contribution in [0, 0.1) is 0 Å². The van der Waals surface area contributed by atoms with Crippen LogP contribution in [-0.2, 0) is 15.4 Å². The molecule has 140 valence electrons. The molecular formula is C19H24ClN3O2S. The average molecular weight is 394 g/mol. The SMILES string of the molecule is C=C(CC)C(Cl)=C1N=CN(S(=O)(=O)c2ccc(C(C)(C)C)cc2)C1=NC. The summed E-state index contributed by atoms with van der Waals surface area (Å²) in [6.45, 7) is 12.0. The van der Waals surface area contributed by atoms with Gasteiger partial charge < -0.3 is 0 Å². The van der Waals surface area contributed by atoms with E-state index in [1.54, 1.807) is 12.1 Å². The molecule has 0 amide bonds. The first-order chi connectivity index (χ1) is 12.0. The molecule has 1 heterocycles. The van der Waals surface area contributed by atoms with Gasteiger partial charge >= 0.3 is 0 Å². The third-order valence-corrected chi connectivity index (χ3v) is 6.25. The molecule has 0 saturated heterocycles. The molecule has 1 aliphatic rings. The number of nitrogens with zero attached hydrogens (tertiary/aromatic N) is 3. The fourth-order valence-corrected chi connectivity index (χ4v) is 3.97. The molecule has 0 N–H and O–H groups in total. The predicted octanol–water partition coefficient (Wildman–Crippen LogP) is 4.46. The highest BCUT2D eigenvalue weighted by Gasteiger charge is 2.34. The van der Waals surface area contributed by atoms with Gasteiger partial charge in [0.25, 0.3) is 10.0 Å². The Labute approximate surface area is 160 Å². The van der Waals surface area contributed by atoms with Gasteiger partial charge in [0.1, 0.15) is 12.0 Å². The molecule has 1 aliphatic heterocycles. The van der Waals surface area contributed by atoms with Gasteiger partial charge in [-0.1, -0.05) is 58.0 Å². The lowest BCUT2D eigenvalue weighted by Crippen LogP contribution is -2.33. The highest BCUT2D eigenvalue weighted by molar-refractivity contribution is 7.90. The van der Waals surface area contributed by atoms with Crippen LogP contribution in [-0.4, -0.2) is 31.9 Å². The van der Waals surface area contributed by atoms with Crippen molar-refractivity contribution in [2.45, 2.75) is 44.4 Å². The summed E-state index contributed by atoms with van der Waals surface area (Å²) < 4.78 is 27.1. The molecule has 0 aliphatic carbocycles. The summed E-state index contributed by atoms with van der Waals surface area (Å²) in [5.41, 5.74) is 1.99. The Balaban J connectivity index is 2.45. The first-order valence-electron chi connectivity index (χ1n) is 8.28. The number of sulfonamides is 1. The number of halogens is 1. The van der Waals surface area contributed by atoms with E-state index >= 15 is 0 Å². The van der Waals surface area contributed by atoms with Crippen molar-refractivity contribution >= 4 is 33.8 Å². The van der Waals surface area contributed by atoms with E-state index in [0.29, 0.717) is 22.7 Å². The maximum atomic E-state index is 13.0. The molecule has 1 aromatic rings. The van der Waals surface area contributed by atoms with Crippen molar-refractivity contribution in [3.63, 3.8) is 0 Å². The van der Waals surface area contributed by atoms with Crippen LogP contribution in [0.4, 0.5) is 0 Å². The van der Waals surface area contributed by atoms with Crippen LogP contribution in [0.15, 0.2) is 62.0 Å². The van der Waals surface area contributed by atoms with Gasteiger partial charge in [0.2, 0.25) is 0 Å². The van der Waals surface area contributed by atoms with E-state index in [4.69, 9.17) is 11.6 Å². The summed E-state index contributed by atoms with van der Waals surface area (Å²) >= 11 is 6.31. The van der Waals surface area contributed by atoms with Crippen molar-refractivity contribution in [1.82, 2.24) is 4.31 Å². The molecule has 0 atom stereocenters. The van der Waals surface area contributed by atoms with E-state index in [0.717, 1.165) is 9.87 Å². The Hall–Kier alpha value is -1.92. The monoisotopic (exact) mass is 393 g/mol. The van der Waals surface area contributed by atoms with Gasteiger partial charge in [0, 0.05) is 7.05 Å². The minimum atomic E-state index is -3.83. The molecule has 0 unspecified atom stereocenters. The second-order valence-corrected chi connectivity index (χ2v) is 9.18. The third kappa shape index (κ3) is 3.76. The van der Waals surface area contributed by atoms with Crippen LogP contribution >= 0.6 is 11.6 Å². The quantitative estimate of drug-likeness (QED) is 0.757. The summed E-state index contributed by atoms with van der Waals surface area (Å²) in [6.07, 6.45) is 1.87. The molecule has 7 heteroatoms. The van der Waals surface area contributed by atoms with E-state index in [9.17, 15) is 8.42 Å². The number of hydrogen-bond donors (Lipinski definition) is 0. The normalized spacial score (nSPS) is 18.5. The molecule has 0 bridgehead atoms. The van der Waals surface area contributed by atoms with Crippen molar-refractivity contribution in [2.24, 2.45) is 9.98 Å². The summed E-state index contributed by atoms with van der Waals surface area (Å²) in [5.74, 6) is 0.185. The summed E-state index contributed by atoms with van der Waals surface area (Å²) in [7, 11) is -2.32. The zero-order valence-electron chi connectivity index (χ0n) is 15.7. The molecule has 1 aromatic carbocycles. The third-order valence-electron chi connectivity index (χ3n) is 4.15. The zero-order chi connectivity index (χ0) is 19.7. The number of aliphatic imine (C=N–C) groups is 2.